The lowest BCUT2D eigenvalue weighted by Crippen LogP contribution is -2.22. The highest BCUT2D eigenvalue weighted by atomic mass is 15.1. The van der Waals surface area contributed by atoms with Crippen molar-refractivity contribution in [2.75, 3.05) is 19.6 Å². The molecular formula is C19H23N3. The third-order valence-corrected chi connectivity index (χ3v) is 5.00. The number of likely N-dealkylation sites (tertiary alicyclic amines) is 1. The highest BCUT2D eigenvalue weighted by Gasteiger charge is 2.17. The lowest BCUT2D eigenvalue weighted by Gasteiger charge is -2.14. The van der Waals surface area contributed by atoms with Crippen LogP contribution in [0.5, 0.6) is 0 Å². The van der Waals surface area contributed by atoms with E-state index in [0.717, 1.165) is 12.2 Å². The summed E-state index contributed by atoms with van der Waals surface area (Å²) in [4.78, 5) is 7.16. The van der Waals surface area contributed by atoms with Crippen molar-refractivity contribution in [3.05, 3.63) is 47.4 Å². The molecule has 3 heteroatoms. The Hall–Kier alpha value is -1.87. The van der Waals surface area contributed by atoms with Gasteiger partial charge in [0.15, 0.2) is 0 Å². The number of fused-ring (bicyclic) bond motifs is 3. The molecule has 0 amide bonds. The van der Waals surface area contributed by atoms with E-state index in [2.05, 4.69) is 52.4 Å². The average Bonchev–Trinajstić information content (AvgIpc) is 3.15. The molecule has 1 aliphatic rings. The van der Waals surface area contributed by atoms with Crippen molar-refractivity contribution in [3.63, 3.8) is 0 Å². The van der Waals surface area contributed by atoms with Gasteiger partial charge in [-0.3, -0.25) is 4.40 Å². The lowest BCUT2D eigenvalue weighted by atomic mass is 10.1. The summed E-state index contributed by atoms with van der Waals surface area (Å²) in [6.07, 6.45) is 5.86. The quantitative estimate of drug-likeness (QED) is 0.733. The average molecular weight is 293 g/mol. The zero-order valence-corrected chi connectivity index (χ0v) is 13.5. The molecule has 3 heterocycles. The van der Waals surface area contributed by atoms with E-state index in [1.54, 1.807) is 0 Å². The number of hydrogen-bond acceptors (Lipinski definition) is 2. The largest absolute Gasteiger partial charge is 0.303 e. The van der Waals surface area contributed by atoms with E-state index >= 15 is 0 Å². The van der Waals surface area contributed by atoms with Gasteiger partial charge in [-0.2, -0.15) is 0 Å². The van der Waals surface area contributed by atoms with Gasteiger partial charge < -0.3 is 4.90 Å². The maximum atomic E-state index is 4.56. The molecule has 22 heavy (non-hydrogen) atoms. The Morgan fingerprint density at radius 3 is 2.68 bits per heavy atom. The van der Waals surface area contributed by atoms with Gasteiger partial charge in [0, 0.05) is 18.1 Å². The van der Waals surface area contributed by atoms with E-state index in [-0.39, 0.29) is 0 Å². The normalized spacial score (nSPS) is 16.1. The first kappa shape index (κ1) is 13.8. The van der Waals surface area contributed by atoms with E-state index in [0.29, 0.717) is 0 Å². The van der Waals surface area contributed by atoms with Gasteiger partial charge in [0.1, 0.15) is 5.82 Å². The summed E-state index contributed by atoms with van der Waals surface area (Å²) >= 11 is 0. The lowest BCUT2D eigenvalue weighted by molar-refractivity contribution is 0.344. The van der Waals surface area contributed by atoms with Crippen molar-refractivity contribution in [2.24, 2.45) is 0 Å². The molecule has 1 aromatic carbocycles. The molecule has 0 saturated carbocycles. The van der Waals surface area contributed by atoms with Crippen LogP contribution in [0.3, 0.4) is 0 Å². The molecule has 0 bridgehead atoms. The Morgan fingerprint density at radius 1 is 1.09 bits per heavy atom. The van der Waals surface area contributed by atoms with Gasteiger partial charge in [-0.05, 0) is 63.4 Å². The highest BCUT2D eigenvalue weighted by molar-refractivity contribution is 5.93. The second-order valence-electron chi connectivity index (χ2n) is 6.47. The monoisotopic (exact) mass is 293 g/mol. The SMILES string of the molecule is Cc1cnc(C)n2c1c(CCN1CCCC1)c1ccccc12. The third kappa shape index (κ3) is 2.12. The van der Waals surface area contributed by atoms with Gasteiger partial charge in [0.25, 0.3) is 0 Å². The molecule has 2 aromatic heterocycles. The Labute approximate surface area is 131 Å². The van der Waals surface area contributed by atoms with Crippen LogP contribution < -0.4 is 0 Å². The van der Waals surface area contributed by atoms with E-state index in [9.17, 15) is 0 Å². The number of benzene rings is 1. The molecule has 1 saturated heterocycles. The van der Waals surface area contributed by atoms with Crippen molar-refractivity contribution in [1.82, 2.24) is 14.3 Å². The standard InChI is InChI=1S/C19H23N3/c1-14-13-20-15(2)22-18-8-4-3-7-16(18)17(19(14)22)9-12-21-10-5-6-11-21/h3-4,7-8,13H,5-6,9-12H2,1-2H3. The summed E-state index contributed by atoms with van der Waals surface area (Å²) in [5.41, 5.74) is 5.43. The van der Waals surface area contributed by atoms with Gasteiger partial charge in [-0.1, -0.05) is 18.2 Å². The van der Waals surface area contributed by atoms with Gasteiger partial charge >= 0.3 is 0 Å². The van der Waals surface area contributed by atoms with Crippen LogP contribution in [0.4, 0.5) is 0 Å². The van der Waals surface area contributed by atoms with E-state index in [4.69, 9.17) is 0 Å². The Bertz CT molecular complexity index is 825. The number of nitrogens with zero attached hydrogens (tertiary/aromatic N) is 3. The molecular weight excluding hydrogens is 270 g/mol. The number of rotatable bonds is 3. The summed E-state index contributed by atoms with van der Waals surface area (Å²) in [6.45, 7) is 7.99. The second kappa shape index (κ2) is 5.40. The molecule has 0 spiro atoms. The molecule has 1 aliphatic heterocycles. The van der Waals surface area contributed by atoms with Crippen LogP contribution in [-0.4, -0.2) is 33.9 Å². The van der Waals surface area contributed by atoms with Crippen molar-refractivity contribution >= 4 is 16.4 Å². The van der Waals surface area contributed by atoms with Crippen LogP contribution in [0.2, 0.25) is 0 Å². The minimum absolute atomic E-state index is 1.07. The second-order valence-corrected chi connectivity index (χ2v) is 6.47. The molecule has 3 aromatic rings. The zero-order chi connectivity index (χ0) is 15.1. The molecule has 114 valence electrons. The molecule has 0 unspecified atom stereocenters. The Morgan fingerprint density at radius 2 is 1.86 bits per heavy atom. The topological polar surface area (TPSA) is 20.5 Å². The van der Waals surface area contributed by atoms with Crippen LogP contribution in [0.25, 0.3) is 16.4 Å². The Balaban J connectivity index is 1.88. The summed E-state index contributed by atoms with van der Waals surface area (Å²) in [5.74, 6) is 1.07. The highest BCUT2D eigenvalue weighted by Crippen LogP contribution is 2.30. The zero-order valence-electron chi connectivity index (χ0n) is 13.5. The predicted octanol–water partition coefficient (Wildman–Crippen LogP) is 3.74. The summed E-state index contributed by atoms with van der Waals surface area (Å²) in [7, 11) is 0. The molecule has 0 aliphatic carbocycles. The minimum atomic E-state index is 1.07. The molecule has 0 radical (unpaired) electrons. The van der Waals surface area contributed by atoms with Crippen LogP contribution >= 0.6 is 0 Å². The van der Waals surface area contributed by atoms with Crippen LogP contribution in [0.15, 0.2) is 30.5 Å². The molecule has 1 fully saturated rings. The molecule has 4 rings (SSSR count). The number of aromatic nitrogens is 2. The first-order valence-electron chi connectivity index (χ1n) is 8.32. The fraction of sp³-hybridized carbons (Fsp3) is 0.421. The smallest absolute Gasteiger partial charge is 0.110 e. The van der Waals surface area contributed by atoms with Gasteiger partial charge in [-0.15, -0.1) is 0 Å². The van der Waals surface area contributed by atoms with E-state index < -0.39 is 0 Å². The molecule has 0 N–H and O–H groups in total. The van der Waals surface area contributed by atoms with Crippen molar-refractivity contribution < 1.29 is 0 Å². The maximum Gasteiger partial charge on any atom is 0.110 e. The van der Waals surface area contributed by atoms with Crippen LogP contribution in [0.1, 0.15) is 29.8 Å². The maximum absolute atomic E-state index is 4.56. The third-order valence-electron chi connectivity index (χ3n) is 5.00. The Kier molecular flexibility index (Phi) is 3.38. The first-order chi connectivity index (χ1) is 10.8. The fourth-order valence-corrected chi connectivity index (χ4v) is 3.90. The van der Waals surface area contributed by atoms with Crippen molar-refractivity contribution in [1.29, 1.82) is 0 Å². The first-order valence-corrected chi connectivity index (χ1v) is 8.32. The summed E-state index contributed by atoms with van der Waals surface area (Å²) in [5, 5.41) is 1.39. The van der Waals surface area contributed by atoms with Gasteiger partial charge in [0.2, 0.25) is 0 Å². The molecule has 0 atom stereocenters. The van der Waals surface area contributed by atoms with Crippen LogP contribution in [0, 0.1) is 13.8 Å². The van der Waals surface area contributed by atoms with Crippen LogP contribution in [-0.2, 0) is 6.42 Å². The fourth-order valence-electron chi connectivity index (χ4n) is 3.90. The number of aryl methyl sites for hydroxylation is 2. The van der Waals surface area contributed by atoms with Crippen molar-refractivity contribution in [2.45, 2.75) is 33.1 Å². The van der Waals surface area contributed by atoms with E-state index in [1.165, 1.54) is 60.0 Å². The predicted molar refractivity (Wildman–Crippen MR) is 91.6 cm³/mol. The van der Waals surface area contributed by atoms with Gasteiger partial charge in [0.05, 0.1) is 11.0 Å². The summed E-state index contributed by atoms with van der Waals surface area (Å²) < 4.78 is 2.34. The number of para-hydroxylation sites is 1. The number of hydrogen-bond donors (Lipinski definition) is 0. The van der Waals surface area contributed by atoms with Crippen molar-refractivity contribution in [3.8, 4) is 0 Å². The van der Waals surface area contributed by atoms with E-state index in [1.807, 2.05) is 6.20 Å². The van der Waals surface area contributed by atoms with Gasteiger partial charge in [-0.25, -0.2) is 4.98 Å². The minimum Gasteiger partial charge on any atom is -0.303 e. The summed E-state index contributed by atoms with van der Waals surface area (Å²) in [6, 6.07) is 8.76. The molecule has 3 nitrogen and oxygen atoms in total.